The number of aromatic carboxylic acids is 1. The summed E-state index contributed by atoms with van der Waals surface area (Å²) in [5.41, 5.74) is 0.884. The zero-order chi connectivity index (χ0) is 14.7. The Bertz CT molecular complexity index is 612. The molecule has 110 valence electrons. The summed E-state index contributed by atoms with van der Waals surface area (Å²) in [5, 5.41) is 9.33. The predicted octanol–water partition coefficient (Wildman–Crippen LogP) is 4.16. The van der Waals surface area contributed by atoms with E-state index in [1.54, 1.807) is 0 Å². The van der Waals surface area contributed by atoms with Crippen molar-refractivity contribution in [1.29, 1.82) is 0 Å². The van der Waals surface area contributed by atoms with Crippen molar-refractivity contribution in [2.75, 3.05) is 0 Å². The quantitative estimate of drug-likeness (QED) is 0.916. The van der Waals surface area contributed by atoms with Gasteiger partial charge in [0.15, 0.2) is 5.69 Å². The first-order valence-corrected chi connectivity index (χ1v) is 7.52. The first-order valence-electron chi connectivity index (χ1n) is 7.52. The van der Waals surface area contributed by atoms with Crippen LogP contribution >= 0.6 is 0 Å². The third-order valence-electron chi connectivity index (χ3n) is 4.12. The third kappa shape index (κ3) is 3.15. The predicted molar refractivity (Wildman–Crippen MR) is 79.2 cm³/mol. The molecule has 0 aliphatic heterocycles. The average Bonchev–Trinajstić information content (AvgIpc) is 2.93. The molecule has 1 aliphatic rings. The lowest BCUT2D eigenvalue weighted by Gasteiger charge is -2.20. The van der Waals surface area contributed by atoms with E-state index in [0.717, 1.165) is 18.4 Å². The van der Waals surface area contributed by atoms with E-state index < -0.39 is 5.97 Å². The number of rotatable bonds is 4. The zero-order valence-corrected chi connectivity index (χ0v) is 11.9. The van der Waals surface area contributed by atoms with E-state index in [1.165, 1.54) is 19.3 Å². The molecule has 0 saturated heterocycles. The molecule has 1 aromatic heterocycles. The molecule has 0 unspecified atom stereocenters. The van der Waals surface area contributed by atoms with Crippen LogP contribution < -0.4 is 0 Å². The van der Waals surface area contributed by atoms with Gasteiger partial charge in [0, 0.05) is 12.0 Å². The van der Waals surface area contributed by atoms with Crippen LogP contribution in [0.25, 0.3) is 11.5 Å². The molecule has 2 aromatic rings. The van der Waals surface area contributed by atoms with Crippen molar-refractivity contribution < 1.29 is 14.3 Å². The SMILES string of the molecule is O=C(O)c1nc(-c2ccccc2)oc1CC1CCCCC1. The minimum absolute atomic E-state index is 0.0689. The molecule has 0 amide bonds. The highest BCUT2D eigenvalue weighted by Crippen LogP contribution is 2.30. The lowest BCUT2D eigenvalue weighted by molar-refractivity contribution is 0.0688. The van der Waals surface area contributed by atoms with Crippen molar-refractivity contribution in [3.63, 3.8) is 0 Å². The summed E-state index contributed by atoms with van der Waals surface area (Å²) in [7, 11) is 0. The van der Waals surface area contributed by atoms with Gasteiger partial charge < -0.3 is 9.52 Å². The Labute approximate surface area is 123 Å². The summed E-state index contributed by atoms with van der Waals surface area (Å²) >= 11 is 0. The molecule has 0 bridgehead atoms. The molecule has 1 aliphatic carbocycles. The Morgan fingerprint density at radius 3 is 2.57 bits per heavy atom. The van der Waals surface area contributed by atoms with Crippen LogP contribution in [0, 0.1) is 5.92 Å². The first-order chi connectivity index (χ1) is 10.2. The topological polar surface area (TPSA) is 63.3 Å². The Hall–Kier alpha value is -2.10. The van der Waals surface area contributed by atoms with Gasteiger partial charge in [-0.25, -0.2) is 9.78 Å². The summed E-state index contributed by atoms with van der Waals surface area (Å²) in [4.78, 5) is 15.6. The van der Waals surface area contributed by atoms with E-state index in [-0.39, 0.29) is 5.69 Å². The molecule has 1 aromatic carbocycles. The Kier molecular flexibility index (Phi) is 4.04. The van der Waals surface area contributed by atoms with E-state index in [1.807, 2.05) is 30.3 Å². The number of carbonyl (C=O) groups is 1. The lowest BCUT2D eigenvalue weighted by atomic mass is 9.86. The van der Waals surface area contributed by atoms with Crippen molar-refractivity contribution >= 4 is 5.97 Å². The number of benzene rings is 1. The van der Waals surface area contributed by atoms with Gasteiger partial charge >= 0.3 is 5.97 Å². The molecule has 0 atom stereocenters. The van der Waals surface area contributed by atoms with Crippen molar-refractivity contribution in [1.82, 2.24) is 4.98 Å². The summed E-state index contributed by atoms with van der Waals surface area (Å²) in [6, 6.07) is 9.44. The minimum atomic E-state index is -1.01. The number of hydrogen-bond donors (Lipinski definition) is 1. The number of aromatic nitrogens is 1. The van der Waals surface area contributed by atoms with Crippen LogP contribution in [0.2, 0.25) is 0 Å². The molecular weight excluding hydrogens is 266 g/mol. The van der Waals surface area contributed by atoms with Crippen molar-refractivity contribution in [3.05, 3.63) is 41.8 Å². The van der Waals surface area contributed by atoms with Crippen LogP contribution in [0.1, 0.15) is 48.4 Å². The monoisotopic (exact) mass is 285 g/mol. The molecule has 3 rings (SSSR count). The Morgan fingerprint density at radius 1 is 1.19 bits per heavy atom. The molecule has 0 spiro atoms. The fourth-order valence-corrected chi connectivity index (χ4v) is 3.01. The van der Waals surface area contributed by atoms with Gasteiger partial charge in [-0.05, 0) is 18.1 Å². The van der Waals surface area contributed by atoms with E-state index >= 15 is 0 Å². The van der Waals surface area contributed by atoms with Crippen LogP contribution in [0.3, 0.4) is 0 Å². The van der Waals surface area contributed by atoms with Gasteiger partial charge in [-0.1, -0.05) is 50.3 Å². The van der Waals surface area contributed by atoms with E-state index in [4.69, 9.17) is 4.42 Å². The largest absolute Gasteiger partial charge is 0.476 e. The number of oxazole rings is 1. The fourth-order valence-electron chi connectivity index (χ4n) is 3.01. The highest BCUT2D eigenvalue weighted by molar-refractivity contribution is 5.87. The maximum atomic E-state index is 11.4. The van der Waals surface area contributed by atoms with Gasteiger partial charge in [0.1, 0.15) is 5.76 Å². The second-order valence-corrected chi connectivity index (χ2v) is 5.67. The summed E-state index contributed by atoms with van der Waals surface area (Å²) in [5.74, 6) is 0.437. The molecule has 1 saturated carbocycles. The first kappa shape index (κ1) is 13.9. The maximum Gasteiger partial charge on any atom is 0.358 e. The average molecular weight is 285 g/mol. The van der Waals surface area contributed by atoms with Gasteiger partial charge in [-0.2, -0.15) is 0 Å². The smallest absolute Gasteiger partial charge is 0.358 e. The Morgan fingerprint density at radius 2 is 1.90 bits per heavy atom. The number of carboxylic acids is 1. The summed E-state index contributed by atoms with van der Waals surface area (Å²) in [6.45, 7) is 0. The van der Waals surface area contributed by atoms with Gasteiger partial charge in [-0.3, -0.25) is 0 Å². The molecule has 0 radical (unpaired) electrons. The van der Waals surface area contributed by atoms with E-state index in [0.29, 0.717) is 24.0 Å². The number of nitrogens with zero attached hydrogens (tertiary/aromatic N) is 1. The normalized spacial score (nSPS) is 16.0. The molecule has 1 heterocycles. The highest BCUT2D eigenvalue weighted by atomic mass is 16.4. The van der Waals surface area contributed by atoms with Crippen molar-refractivity contribution in [2.24, 2.45) is 5.92 Å². The summed E-state index contributed by atoms with van der Waals surface area (Å²) in [6.07, 6.45) is 6.73. The van der Waals surface area contributed by atoms with Crippen LogP contribution in [0.5, 0.6) is 0 Å². The van der Waals surface area contributed by atoms with Crippen LogP contribution in [-0.2, 0) is 6.42 Å². The van der Waals surface area contributed by atoms with Gasteiger partial charge in [0.2, 0.25) is 5.89 Å². The molecule has 4 nitrogen and oxygen atoms in total. The van der Waals surface area contributed by atoms with Crippen LogP contribution in [0.4, 0.5) is 0 Å². The zero-order valence-electron chi connectivity index (χ0n) is 11.9. The molecule has 1 fully saturated rings. The van der Waals surface area contributed by atoms with Crippen molar-refractivity contribution in [2.45, 2.75) is 38.5 Å². The molecule has 1 N–H and O–H groups in total. The fraction of sp³-hybridized carbons (Fsp3) is 0.412. The second-order valence-electron chi connectivity index (χ2n) is 5.67. The van der Waals surface area contributed by atoms with Crippen molar-refractivity contribution in [3.8, 4) is 11.5 Å². The molecular formula is C17H19NO3. The third-order valence-corrected chi connectivity index (χ3v) is 4.12. The highest BCUT2D eigenvalue weighted by Gasteiger charge is 2.24. The van der Waals surface area contributed by atoms with Gasteiger partial charge in [-0.15, -0.1) is 0 Å². The summed E-state index contributed by atoms with van der Waals surface area (Å²) < 4.78 is 5.77. The van der Waals surface area contributed by atoms with Gasteiger partial charge in [0.25, 0.3) is 0 Å². The lowest BCUT2D eigenvalue weighted by Crippen LogP contribution is -2.11. The molecule has 4 heteroatoms. The Balaban J connectivity index is 1.88. The standard InChI is InChI=1S/C17H19NO3/c19-17(20)15-14(11-12-7-3-1-4-8-12)21-16(18-15)13-9-5-2-6-10-13/h2,5-6,9-10,12H,1,3-4,7-8,11H2,(H,19,20). The minimum Gasteiger partial charge on any atom is -0.476 e. The van der Waals surface area contributed by atoms with Gasteiger partial charge in [0.05, 0.1) is 0 Å². The van der Waals surface area contributed by atoms with E-state index in [2.05, 4.69) is 4.98 Å². The number of hydrogen-bond acceptors (Lipinski definition) is 3. The molecule has 21 heavy (non-hydrogen) atoms. The van der Waals surface area contributed by atoms with Crippen LogP contribution in [-0.4, -0.2) is 16.1 Å². The number of carboxylic acid groups (broad SMARTS) is 1. The van der Waals surface area contributed by atoms with Crippen LogP contribution in [0.15, 0.2) is 34.7 Å². The maximum absolute atomic E-state index is 11.4. The second kappa shape index (κ2) is 6.12. The van der Waals surface area contributed by atoms with E-state index in [9.17, 15) is 9.90 Å².